The van der Waals surface area contributed by atoms with Crippen molar-refractivity contribution < 1.29 is 13.2 Å². The third-order valence-corrected chi connectivity index (χ3v) is 6.76. The molecule has 1 amide bonds. The first kappa shape index (κ1) is 20.9. The van der Waals surface area contributed by atoms with Crippen LogP contribution in [0.3, 0.4) is 0 Å². The lowest BCUT2D eigenvalue weighted by Gasteiger charge is -2.21. The van der Waals surface area contributed by atoms with Crippen LogP contribution in [0.2, 0.25) is 5.02 Å². The Morgan fingerprint density at radius 1 is 0.862 bits per heavy atom. The summed E-state index contributed by atoms with van der Waals surface area (Å²) in [5, 5.41) is 0.607. The Balaban J connectivity index is 1.76. The molecule has 0 unspecified atom stereocenters. The first-order valence-corrected chi connectivity index (χ1v) is 10.8. The number of sulfonamides is 1. The maximum atomic E-state index is 12.7. The number of hydrogen-bond donors (Lipinski definition) is 0. The number of nitrogens with zero attached hydrogens (tertiary/aromatic N) is 2. The summed E-state index contributed by atoms with van der Waals surface area (Å²) in [5.41, 5.74) is 1.79. The van der Waals surface area contributed by atoms with Crippen LogP contribution in [0.1, 0.15) is 15.9 Å². The van der Waals surface area contributed by atoms with Gasteiger partial charge in [0.05, 0.1) is 10.6 Å². The number of carbonyl (C=O) groups excluding carboxylic acids is 1. The van der Waals surface area contributed by atoms with Crippen molar-refractivity contribution in [3.8, 4) is 0 Å². The Bertz CT molecular complexity index is 1100. The van der Waals surface area contributed by atoms with Gasteiger partial charge in [-0.1, -0.05) is 48.0 Å². The number of rotatable bonds is 6. The summed E-state index contributed by atoms with van der Waals surface area (Å²) in [5.74, 6) is -0.176. The highest BCUT2D eigenvalue weighted by atomic mass is 35.5. The average molecular weight is 429 g/mol. The summed E-state index contributed by atoms with van der Waals surface area (Å²) in [6.45, 7) is 0.378. The van der Waals surface area contributed by atoms with Gasteiger partial charge in [-0.3, -0.25) is 9.10 Å². The van der Waals surface area contributed by atoms with Gasteiger partial charge in [0, 0.05) is 31.2 Å². The van der Waals surface area contributed by atoms with E-state index in [2.05, 4.69) is 0 Å². The first-order valence-electron chi connectivity index (χ1n) is 8.93. The predicted octanol–water partition coefficient (Wildman–Crippen LogP) is 4.44. The fourth-order valence-corrected chi connectivity index (χ4v) is 4.29. The van der Waals surface area contributed by atoms with Crippen molar-refractivity contribution >= 4 is 33.2 Å². The maximum absolute atomic E-state index is 12.7. The molecule has 0 atom stereocenters. The van der Waals surface area contributed by atoms with Gasteiger partial charge in [0.15, 0.2) is 0 Å². The molecule has 0 heterocycles. The third kappa shape index (κ3) is 4.60. The van der Waals surface area contributed by atoms with Crippen LogP contribution in [-0.2, 0) is 16.6 Å². The largest absolute Gasteiger partial charge is 0.337 e. The highest BCUT2D eigenvalue weighted by molar-refractivity contribution is 7.92. The number of anilines is 1. The fourth-order valence-electron chi connectivity index (χ4n) is 2.88. The van der Waals surface area contributed by atoms with E-state index in [1.807, 2.05) is 18.2 Å². The molecule has 5 nitrogen and oxygen atoms in total. The van der Waals surface area contributed by atoms with Gasteiger partial charge in [-0.2, -0.15) is 0 Å². The van der Waals surface area contributed by atoms with Crippen molar-refractivity contribution in [3.63, 3.8) is 0 Å². The molecule has 29 heavy (non-hydrogen) atoms. The van der Waals surface area contributed by atoms with Gasteiger partial charge in [-0.15, -0.1) is 0 Å². The SMILES string of the molecule is CN(Cc1ccccc1Cl)C(=O)c1ccc(N(C)S(=O)(=O)c2ccccc2)cc1. The van der Waals surface area contributed by atoms with E-state index in [0.29, 0.717) is 22.8 Å². The van der Waals surface area contributed by atoms with Gasteiger partial charge >= 0.3 is 0 Å². The number of amides is 1. The van der Waals surface area contributed by atoms with E-state index in [9.17, 15) is 13.2 Å². The van der Waals surface area contributed by atoms with Crippen LogP contribution in [0.4, 0.5) is 5.69 Å². The van der Waals surface area contributed by atoms with Crippen LogP contribution in [0.5, 0.6) is 0 Å². The molecule has 0 saturated heterocycles. The zero-order valence-electron chi connectivity index (χ0n) is 16.1. The fraction of sp³-hybridized carbons (Fsp3) is 0.136. The minimum Gasteiger partial charge on any atom is -0.337 e. The van der Waals surface area contributed by atoms with Gasteiger partial charge in [0.2, 0.25) is 0 Å². The number of benzene rings is 3. The Hall–Kier alpha value is -2.83. The molecule has 3 aromatic carbocycles. The van der Waals surface area contributed by atoms with Crippen molar-refractivity contribution in [1.29, 1.82) is 0 Å². The second kappa shape index (κ2) is 8.68. The molecule has 7 heteroatoms. The van der Waals surface area contributed by atoms with Crippen molar-refractivity contribution in [2.24, 2.45) is 0 Å². The van der Waals surface area contributed by atoms with Crippen LogP contribution in [0, 0.1) is 0 Å². The molecule has 150 valence electrons. The minimum absolute atomic E-state index is 0.176. The highest BCUT2D eigenvalue weighted by Crippen LogP contribution is 2.23. The van der Waals surface area contributed by atoms with Gasteiger partial charge in [0.25, 0.3) is 15.9 Å². The van der Waals surface area contributed by atoms with Gasteiger partial charge in [-0.25, -0.2) is 8.42 Å². The number of halogens is 1. The third-order valence-electron chi connectivity index (χ3n) is 4.59. The summed E-state index contributed by atoms with van der Waals surface area (Å²) in [6, 6.07) is 22.1. The molecule has 0 N–H and O–H groups in total. The quantitative estimate of drug-likeness (QED) is 0.583. The van der Waals surface area contributed by atoms with E-state index < -0.39 is 10.0 Å². The molecular weight excluding hydrogens is 408 g/mol. The molecule has 0 aliphatic heterocycles. The molecule has 0 aliphatic carbocycles. The zero-order valence-corrected chi connectivity index (χ0v) is 17.7. The van der Waals surface area contributed by atoms with Crippen LogP contribution < -0.4 is 4.31 Å². The molecule has 3 aromatic rings. The van der Waals surface area contributed by atoms with E-state index >= 15 is 0 Å². The predicted molar refractivity (Wildman–Crippen MR) is 116 cm³/mol. The standard InChI is InChI=1S/C22H21ClN2O3S/c1-24(16-18-8-6-7-11-21(18)23)22(26)17-12-14-19(15-13-17)25(2)29(27,28)20-9-4-3-5-10-20/h3-15H,16H2,1-2H3. The lowest BCUT2D eigenvalue weighted by atomic mass is 10.1. The Morgan fingerprint density at radius 2 is 1.45 bits per heavy atom. The second-order valence-electron chi connectivity index (χ2n) is 6.59. The van der Waals surface area contributed by atoms with E-state index in [1.165, 1.54) is 11.4 Å². The van der Waals surface area contributed by atoms with Crippen molar-refractivity contribution in [2.45, 2.75) is 11.4 Å². The Labute approximate surface area is 176 Å². The number of carbonyl (C=O) groups is 1. The molecule has 0 fully saturated rings. The smallest absolute Gasteiger partial charge is 0.264 e. The molecule has 0 spiro atoms. The Morgan fingerprint density at radius 3 is 2.07 bits per heavy atom. The molecule has 0 aliphatic rings. The van der Waals surface area contributed by atoms with E-state index in [4.69, 9.17) is 11.6 Å². The van der Waals surface area contributed by atoms with Gasteiger partial charge < -0.3 is 4.90 Å². The Kier molecular flexibility index (Phi) is 6.25. The van der Waals surface area contributed by atoms with Crippen LogP contribution >= 0.6 is 11.6 Å². The monoisotopic (exact) mass is 428 g/mol. The first-order chi connectivity index (χ1) is 13.8. The summed E-state index contributed by atoms with van der Waals surface area (Å²) in [6.07, 6.45) is 0. The van der Waals surface area contributed by atoms with Crippen LogP contribution in [0.25, 0.3) is 0 Å². The van der Waals surface area contributed by atoms with Gasteiger partial charge in [-0.05, 0) is 48.0 Å². The van der Waals surface area contributed by atoms with Crippen LogP contribution in [-0.4, -0.2) is 33.3 Å². The number of hydrogen-bond acceptors (Lipinski definition) is 3. The van der Waals surface area contributed by atoms with E-state index in [-0.39, 0.29) is 10.8 Å². The second-order valence-corrected chi connectivity index (χ2v) is 8.96. The normalized spacial score (nSPS) is 11.1. The van der Waals surface area contributed by atoms with Crippen LogP contribution in [0.15, 0.2) is 83.8 Å². The molecule has 0 bridgehead atoms. The topological polar surface area (TPSA) is 57.7 Å². The molecule has 3 rings (SSSR count). The van der Waals surface area contributed by atoms with Crippen molar-refractivity contribution in [3.05, 3.63) is 95.0 Å². The summed E-state index contributed by atoms with van der Waals surface area (Å²) in [4.78, 5) is 14.5. The lowest BCUT2D eigenvalue weighted by Crippen LogP contribution is -2.27. The highest BCUT2D eigenvalue weighted by Gasteiger charge is 2.21. The maximum Gasteiger partial charge on any atom is 0.264 e. The lowest BCUT2D eigenvalue weighted by molar-refractivity contribution is 0.0785. The summed E-state index contributed by atoms with van der Waals surface area (Å²) in [7, 11) is -0.475. The zero-order chi connectivity index (χ0) is 21.0. The summed E-state index contributed by atoms with van der Waals surface area (Å²) >= 11 is 6.17. The average Bonchev–Trinajstić information content (AvgIpc) is 2.75. The molecule has 0 aromatic heterocycles. The molecule has 0 saturated carbocycles. The summed E-state index contributed by atoms with van der Waals surface area (Å²) < 4.78 is 26.7. The van der Waals surface area contributed by atoms with E-state index in [1.54, 1.807) is 72.6 Å². The molecular formula is C22H21ClN2O3S. The van der Waals surface area contributed by atoms with Crippen molar-refractivity contribution in [1.82, 2.24) is 4.90 Å². The van der Waals surface area contributed by atoms with Gasteiger partial charge in [0.1, 0.15) is 0 Å². The molecule has 0 radical (unpaired) electrons. The van der Waals surface area contributed by atoms with Crippen molar-refractivity contribution in [2.75, 3.05) is 18.4 Å². The van der Waals surface area contributed by atoms with E-state index in [0.717, 1.165) is 5.56 Å². The minimum atomic E-state index is -3.66.